The minimum atomic E-state index is -4.29. The molecule has 1 N–H and O–H groups in total. The van der Waals surface area contributed by atoms with Gasteiger partial charge in [0.1, 0.15) is 18.3 Å². The molecule has 3 aromatic rings. The molecule has 1 fully saturated rings. The molecule has 1 atom stereocenters. The number of amides is 2. The molecule has 0 heterocycles. The number of anilines is 1. The highest BCUT2D eigenvalue weighted by Crippen LogP contribution is 2.33. The summed E-state index contributed by atoms with van der Waals surface area (Å²) >= 11 is 18.5. The Labute approximate surface area is 274 Å². The fourth-order valence-electron chi connectivity index (χ4n) is 5.31. The van der Waals surface area contributed by atoms with Crippen molar-refractivity contribution < 1.29 is 22.7 Å². The first-order valence-electron chi connectivity index (χ1n) is 14.6. The van der Waals surface area contributed by atoms with Crippen LogP contribution in [0.3, 0.4) is 0 Å². The third-order valence-electron chi connectivity index (χ3n) is 7.54. The van der Waals surface area contributed by atoms with Crippen LogP contribution in [0.15, 0.2) is 71.6 Å². The van der Waals surface area contributed by atoms with Gasteiger partial charge in [0, 0.05) is 17.6 Å². The number of ether oxygens (including phenoxy) is 1. The minimum absolute atomic E-state index is 0.00819. The number of nitrogens with one attached hydrogen (secondary N) is 1. The van der Waals surface area contributed by atoms with E-state index in [2.05, 4.69) is 5.32 Å². The first-order chi connectivity index (χ1) is 21.0. The molecule has 1 saturated carbocycles. The van der Waals surface area contributed by atoms with Gasteiger partial charge < -0.3 is 15.0 Å². The van der Waals surface area contributed by atoms with E-state index in [0.717, 1.165) is 30.0 Å². The number of para-hydroxylation sites is 2. The van der Waals surface area contributed by atoms with Crippen molar-refractivity contribution in [2.24, 2.45) is 0 Å². The van der Waals surface area contributed by atoms with Gasteiger partial charge in [0.2, 0.25) is 11.8 Å². The van der Waals surface area contributed by atoms with Gasteiger partial charge in [0.15, 0.2) is 0 Å². The Morgan fingerprint density at radius 3 is 2.27 bits per heavy atom. The number of carbonyl (C=O) groups excluding carboxylic acids is 2. The van der Waals surface area contributed by atoms with Crippen LogP contribution in [-0.4, -0.2) is 50.4 Å². The Hall–Kier alpha value is -2.98. The van der Waals surface area contributed by atoms with Crippen LogP contribution < -0.4 is 14.4 Å². The normalized spacial score (nSPS) is 14.2. The summed E-state index contributed by atoms with van der Waals surface area (Å²) in [6.45, 7) is 3.30. The van der Waals surface area contributed by atoms with Crippen molar-refractivity contribution in [3.05, 3.63) is 87.4 Å². The first kappa shape index (κ1) is 33.9. The number of hydrogen-bond acceptors (Lipinski definition) is 5. The maximum absolute atomic E-state index is 14.3. The molecular formula is C32H36Cl3N3O5S. The van der Waals surface area contributed by atoms with Crippen molar-refractivity contribution in [3.63, 3.8) is 0 Å². The molecule has 12 heteroatoms. The summed E-state index contributed by atoms with van der Waals surface area (Å²) in [6.07, 6.45) is 4.13. The van der Waals surface area contributed by atoms with E-state index < -0.39 is 28.5 Å². The highest BCUT2D eigenvalue weighted by molar-refractivity contribution is 7.92. The molecule has 0 spiro atoms. The number of carbonyl (C=O) groups is 2. The van der Waals surface area contributed by atoms with E-state index in [0.29, 0.717) is 32.8 Å². The molecule has 44 heavy (non-hydrogen) atoms. The lowest BCUT2D eigenvalue weighted by molar-refractivity contribution is -0.140. The minimum Gasteiger partial charge on any atom is -0.492 e. The number of hydrogen-bond donors (Lipinski definition) is 1. The van der Waals surface area contributed by atoms with Crippen LogP contribution in [0.25, 0.3) is 0 Å². The fraction of sp³-hybridized carbons (Fsp3) is 0.375. The van der Waals surface area contributed by atoms with Gasteiger partial charge in [0.25, 0.3) is 10.0 Å². The van der Waals surface area contributed by atoms with E-state index in [-0.39, 0.29) is 35.7 Å². The number of halogens is 3. The largest absolute Gasteiger partial charge is 0.492 e. The molecule has 8 nitrogen and oxygen atoms in total. The molecular weight excluding hydrogens is 645 g/mol. The summed E-state index contributed by atoms with van der Waals surface area (Å²) in [6, 6.07) is 16.5. The molecule has 236 valence electrons. The van der Waals surface area contributed by atoms with E-state index >= 15 is 0 Å². The monoisotopic (exact) mass is 679 g/mol. The van der Waals surface area contributed by atoms with E-state index in [4.69, 9.17) is 39.5 Å². The summed E-state index contributed by atoms with van der Waals surface area (Å²) in [7, 11) is -4.29. The molecule has 0 bridgehead atoms. The second-order valence-corrected chi connectivity index (χ2v) is 13.7. The molecule has 1 unspecified atom stereocenters. The van der Waals surface area contributed by atoms with Gasteiger partial charge in [-0.05, 0) is 80.3 Å². The van der Waals surface area contributed by atoms with Crippen molar-refractivity contribution in [2.75, 3.05) is 17.5 Å². The van der Waals surface area contributed by atoms with Crippen LogP contribution in [0, 0.1) is 0 Å². The van der Waals surface area contributed by atoms with Crippen molar-refractivity contribution in [1.29, 1.82) is 0 Å². The Bertz CT molecular complexity index is 1560. The zero-order valence-electron chi connectivity index (χ0n) is 24.6. The van der Waals surface area contributed by atoms with Gasteiger partial charge in [-0.3, -0.25) is 13.9 Å². The summed E-state index contributed by atoms with van der Waals surface area (Å²) in [5.41, 5.74) is 0.831. The molecule has 0 aliphatic heterocycles. The lowest BCUT2D eigenvalue weighted by Crippen LogP contribution is -2.53. The van der Waals surface area contributed by atoms with Gasteiger partial charge >= 0.3 is 0 Å². The summed E-state index contributed by atoms with van der Waals surface area (Å²) in [5.74, 6) is -0.564. The second-order valence-electron chi connectivity index (χ2n) is 10.6. The summed E-state index contributed by atoms with van der Waals surface area (Å²) in [4.78, 5) is 29.3. The summed E-state index contributed by atoms with van der Waals surface area (Å²) in [5, 5.41) is 4.13. The molecule has 1 aliphatic carbocycles. The Kier molecular flexibility index (Phi) is 11.8. The molecule has 0 saturated heterocycles. The molecule has 2 amide bonds. The molecule has 0 aromatic heterocycles. The van der Waals surface area contributed by atoms with Gasteiger partial charge in [-0.1, -0.05) is 72.8 Å². The van der Waals surface area contributed by atoms with Crippen LogP contribution in [0.2, 0.25) is 15.1 Å². The van der Waals surface area contributed by atoms with E-state index in [1.165, 1.54) is 29.2 Å². The van der Waals surface area contributed by atoms with Gasteiger partial charge in [-0.2, -0.15) is 0 Å². The number of benzene rings is 3. The van der Waals surface area contributed by atoms with Crippen molar-refractivity contribution in [2.45, 2.75) is 69.5 Å². The lowest BCUT2D eigenvalue weighted by Gasteiger charge is -2.34. The van der Waals surface area contributed by atoms with E-state index in [1.807, 2.05) is 6.92 Å². The molecule has 3 aromatic carbocycles. The highest BCUT2D eigenvalue weighted by atomic mass is 35.5. The number of rotatable bonds is 13. The van der Waals surface area contributed by atoms with Crippen LogP contribution in [0.1, 0.15) is 51.5 Å². The number of sulfonamides is 1. The van der Waals surface area contributed by atoms with Crippen LogP contribution in [0.4, 0.5) is 5.69 Å². The number of nitrogens with zero attached hydrogens (tertiary/aromatic N) is 2. The van der Waals surface area contributed by atoms with Crippen molar-refractivity contribution in [3.8, 4) is 5.75 Å². The van der Waals surface area contributed by atoms with Gasteiger partial charge in [0.05, 0.1) is 27.2 Å². The summed E-state index contributed by atoms with van der Waals surface area (Å²) < 4.78 is 35.1. The second kappa shape index (κ2) is 15.3. The quantitative estimate of drug-likeness (QED) is 0.208. The van der Waals surface area contributed by atoms with Gasteiger partial charge in [-0.25, -0.2) is 8.42 Å². The standard InChI is InChI=1S/C32H36Cl3N3O5S/c1-3-28(32(40)36-24-9-5-6-10-24)37(20-22-13-18-26(34)27(35)19-22)31(39)21-38(29-11-7-8-12-30(29)43-4-2)44(41,42)25-16-14-23(33)15-17-25/h7-8,11-19,24,28H,3-6,9-10,20-21H2,1-2H3,(H,36,40). The Balaban J connectivity index is 1.76. The average Bonchev–Trinajstić information content (AvgIpc) is 3.51. The van der Waals surface area contributed by atoms with Crippen molar-refractivity contribution in [1.82, 2.24) is 10.2 Å². The maximum atomic E-state index is 14.3. The first-order valence-corrected chi connectivity index (χ1v) is 17.2. The van der Waals surface area contributed by atoms with E-state index in [1.54, 1.807) is 49.4 Å². The molecule has 4 rings (SSSR count). The molecule has 1 aliphatic rings. The van der Waals surface area contributed by atoms with Crippen molar-refractivity contribution >= 4 is 62.3 Å². The maximum Gasteiger partial charge on any atom is 0.264 e. The topological polar surface area (TPSA) is 96.0 Å². The zero-order valence-corrected chi connectivity index (χ0v) is 27.7. The Morgan fingerprint density at radius 1 is 0.955 bits per heavy atom. The third kappa shape index (κ3) is 8.18. The Morgan fingerprint density at radius 2 is 1.64 bits per heavy atom. The smallest absolute Gasteiger partial charge is 0.264 e. The predicted octanol–water partition coefficient (Wildman–Crippen LogP) is 7.11. The van der Waals surface area contributed by atoms with E-state index in [9.17, 15) is 18.0 Å². The van der Waals surface area contributed by atoms with Crippen LogP contribution in [0.5, 0.6) is 5.75 Å². The van der Waals surface area contributed by atoms with Crippen LogP contribution >= 0.6 is 34.8 Å². The molecule has 0 radical (unpaired) electrons. The average molecular weight is 681 g/mol. The third-order valence-corrected chi connectivity index (χ3v) is 10.3. The lowest BCUT2D eigenvalue weighted by atomic mass is 10.1. The highest BCUT2D eigenvalue weighted by Gasteiger charge is 2.35. The van der Waals surface area contributed by atoms with Gasteiger partial charge in [-0.15, -0.1) is 0 Å². The zero-order chi connectivity index (χ0) is 31.9. The van der Waals surface area contributed by atoms with Crippen LogP contribution in [-0.2, 0) is 26.2 Å². The SMILES string of the molecule is CCOc1ccccc1N(CC(=O)N(Cc1ccc(Cl)c(Cl)c1)C(CC)C(=O)NC1CCCC1)S(=O)(=O)c1ccc(Cl)cc1. The fourth-order valence-corrected chi connectivity index (χ4v) is 7.18. The predicted molar refractivity (Wildman–Crippen MR) is 175 cm³/mol.